The number of para-hydroxylation sites is 3. The number of nitrogens with zero attached hydrogens (tertiary/aromatic N) is 3. The summed E-state index contributed by atoms with van der Waals surface area (Å²) >= 11 is 0. The van der Waals surface area contributed by atoms with Crippen molar-refractivity contribution in [1.29, 1.82) is 0 Å². The van der Waals surface area contributed by atoms with E-state index < -0.39 is 0 Å². The van der Waals surface area contributed by atoms with Crippen molar-refractivity contribution in [2.75, 3.05) is 0 Å². The van der Waals surface area contributed by atoms with Gasteiger partial charge in [-0.15, -0.1) is 0 Å². The van der Waals surface area contributed by atoms with Gasteiger partial charge in [0.2, 0.25) is 0 Å². The summed E-state index contributed by atoms with van der Waals surface area (Å²) in [7, 11) is 0. The summed E-state index contributed by atoms with van der Waals surface area (Å²) in [5.41, 5.74) is 4.07. The van der Waals surface area contributed by atoms with Crippen molar-refractivity contribution >= 4 is 16.9 Å². The molecule has 0 bridgehead atoms. The number of fused-ring (bicyclic) bond motifs is 1. The van der Waals surface area contributed by atoms with E-state index in [0.29, 0.717) is 5.69 Å². The average molecular weight is 373 g/mol. The van der Waals surface area contributed by atoms with Gasteiger partial charge in [-0.05, 0) is 43.2 Å². The Bertz CT molecular complexity index is 1080. The molecule has 0 saturated heterocycles. The van der Waals surface area contributed by atoms with Gasteiger partial charge in [0.15, 0.2) is 5.69 Å². The number of hydrogen-bond acceptors (Lipinski definition) is 3. The van der Waals surface area contributed by atoms with Gasteiger partial charge < -0.3 is 10.3 Å². The van der Waals surface area contributed by atoms with Crippen LogP contribution in [0.2, 0.25) is 0 Å². The van der Waals surface area contributed by atoms with Crippen molar-refractivity contribution in [2.45, 2.75) is 26.8 Å². The van der Waals surface area contributed by atoms with Gasteiger partial charge in [0.1, 0.15) is 5.82 Å². The van der Waals surface area contributed by atoms with Crippen LogP contribution in [0.1, 0.15) is 41.9 Å². The highest BCUT2D eigenvalue weighted by Gasteiger charge is 2.24. The van der Waals surface area contributed by atoms with Crippen LogP contribution in [-0.2, 0) is 0 Å². The summed E-state index contributed by atoms with van der Waals surface area (Å²) in [5.74, 6) is 0.711. The van der Waals surface area contributed by atoms with Crippen LogP contribution in [0.25, 0.3) is 16.7 Å². The molecule has 6 nitrogen and oxygen atoms in total. The van der Waals surface area contributed by atoms with Gasteiger partial charge in [-0.1, -0.05) is 44.2 Å². The maximum Gasteiger partial charge on any atom is 0.272 e. The number of carbonyl (C=O) groups excluding carboxylic acids is 1. The Labute approximate surface area is 163 Å². The van der Waals surface area contributed by atoms with Crippen LogP contribution in [0.5, 0.6) is 0 Å². The summed E-state index contributed by atoms with van der Waals surface area (Å²) in [4.78, 5) is 20.9. The fourth-order valence-corrected chi connectivity index (χ4v) is 3.30. The molecule has 0 aliphatic carbocycles. The van der Waals surface area contributed by atoms with Crippen LogP contribution >= 0.6 is 0 Å². The number of H-pyrrole nitrogens is 1. The molecule has 0 radical (unpaired) electrons. The van der Waals surface area contributed by atoms with Gasteiger partial charge in [0.05, 0.1) is 22.8 Å². The summed E-state index contributed by atoms with van der Waals surface area (Å²) in [5, 5.41) is 7.60. The fraction of sp³-hybridized carbons (Fsp3) is 0.227. The van der Waals surface area contributed by atoms with Crippen molar-refractivity contribution in [1.82, 2.24) is 25.1 Å². The standard InChI is InChI=1S/C22H23N5O/c1-14(2)20(21-23-17-11-7-8-12-18(17)24-21)25-22(28)19-13-15(3)27(26-19)16-9-5-4-6-10-16/h4-14,20H,1-3H3,(H,23,24)(H,25,28). The molecular formula is C22H23N5O. The molecule has 1 amide bonds. The number of rotatable bonds is 5. The third kappa shape index (κ3) is 3.41. The molecule has 0 aliphatic heterocycles. The molecular weight excluding hydrogens is 350 g/mol. The Balaban J connectivity index is 1.60. The second-order valence-electron chi connectivity index (χ2n) is 7.25. The van der Waals surface area contributed by atoms with Crippen molar-refractivity contribution in [3.8, 4) is 5.69 Å². The molecule has 2 N–H and O–H groups in total. The SMILES string of the molecule is Cc1cc(C(=O)NC(c2nc3ccccc3[nH]2)C(C)C)nn1-c1ccccc1. The molecule has 142 valence electrons. The zero-order chi connectivity index (χ0) is 19.7. The highest BCUT2D eigenvalue weighted by molar-refractivity contribution is 5.92. The van der Waals surface area contributed by atoms with Crippen LogP contribution < -0.4 is 5.32 Å². The van der Waals surface area contributed by atoms with Crippen LogP contribution in [-0.4, -0.2) is 25.7 Å². The highest BCUT2D eigenvalue weighted by atomic mass is 16.2. The smallest absolute Gasteiger partial charge is 0.272 e. The van der Waals surface area contributed by atoms with Gasteiger partial charge in [-0.25, -0.2) is 9.67 Å². The zero-order valence-electron chi connectivity index (χ0n) is 16.2. The summed E-state index contributed by atoms with van der Waals surface area (Å²) in [6.07, 6.45) is 0. The lowest BCUT2D eigenvalue weighted by Gasteiger charge is -2.19. The number of benzene rings is 2. The maximum atomic E-state index is 12.9. The molecule has 4 aromatic rings. The molecule has 28 heavy (non-hydrogen) atoms. The van der Waals surface area contributed by atoms with E-state index in [9.17, 15) is 4.79 Å². The van der Waals surface area contributed by atoms with Crippen LogP contribution in [0.4, 0.5) is 0 Å². The van der Waals surface area contributed by atoms with E-state index >= 15 is 0 Å². The molecule has 0 aliphatic rings. The van der Waals surface area contributed by atoms with E-state index in [0.717, 1.165) is 28.2 Å². The van der Waals surface area contributed by atoms with E-state index in [1.54, 1.807) is 10.7 Å². The monoisotopic (exact) mass is 373 g/mol. The van der Waals surface area contributed by atoms with Gasteiger partial charge in [-0.2, -0.15) is 5.10 Å². The topological polar surface area (TPSA) is 75.6 Å². The quantitative estimate of drug-likeness (QED) is 0.551. The summed E-state index contributed by atoms with van der Waals surface area (Å²) in [6, 6.07) is 19.2. The molecule has 2 aromatic carbocycles. The number of aryl methyl sites for hydroxylation is 1. The van der Waals surface area contributed by atoms with E-state index in [2.05, 4.69) is 34.2 Å². The Morgan fingerprint density at radius 1 is 1.07 bits per heavy atom. The first kappa shape index (κ1) is 18.0. The molecule has 0 saturated carbocycles. The highest BCUT2D eigenvalue weighted by Crippen LogP contribution is 2.23. The molecule has 2 heterocycles. The van der Waals surface area contributed by atoms with Crippen molar-refractivity contribution in [3.63, 3.8) is 0 Å². The van der Waals surface area contributed by atoms with Crippen molar-refractivity contribution in [3.05, 3.63) is 77.9 Å². The van der Waals surface area contributed by atoms with Gasteiger partial charge in [0, 0.05) is 5.69 Å². The third-order valence-corrected chi connectivity index (χ3v) is 4.78. The minimum atomic E-state index is -0.234. The maximum absolute atomic E-state index is 12.9. The fourth-order valence-electron chi connectivity index (χ4n) is 3.30. The Morgan fingerprint density at radius 2 is 1.79 bits per heavy atom. The van der Waals surface area contributed by atoms with Crippen molar-refractivity contribution < 1.29 is 4.79 Å². The largest absolute Gasteiger partial charge is 0.340 e. The Kier molecular flexibility index (Phi) is 4.69. The first-order valence-electron chi connectivity index (χ1n) is 9.40. The number of aromatic nitrogens is 4. The second kappa shape index (κ2) is 7.31. The molecule has 0 fully saturated rings. The lowest BCUT2D eigenvalue weighted by molar-refractivity contribution is 0.0918. The number of amides is 1. The van der Waals surface area contributed by atoms with Gasteiger partial charge in [0.25, 0.3) is 5.91 Å². The zero-order valence-corrected chi connectivity index (χ0v) is 16.2. The molecule has 1 atom stereocenters. The normalized spacial score (nSPS) is 12.4. The number of nitrogens with one attached hydrogen (secondary N) is 2. The first-order chi connectivity index (χ1) is 13.5. The van der Waals surface area contributed by atoms with Gasteiger partial charge >= 0.3 is 0 Å². The third-order valence-electron chi connectivity index (χ3n) is 4.78. The first-order valence-corrected chi connectivity index (χ1v) is 9.40. The van der Waals surface area contributed by atoms with E-state index in [4.69, 9.17) is 0 Å². The number of imidazole rings is 1. The molecule has 2 aromatic heterocycles. The van der Waals surface area contributed by atoms with Crippen LogP contribution in [0.15, 0.2) is 60.7 Å². The summed E-state index contributed by atoms with van der Waals surface area (Å²) < 4.78 is 1.78. The van der Waals surface area contributed by atoms with E-state index in [1.807, 2.05) is 61.5 Å². The Hall–Kier alpha value is -3.41. The number of hydrogen-bond donors (Lipinski definition) is 2. The minimum Gasteiger partial charge on any atom is -0.340 e. The van der Waals surface area contributed by atoms with Gasteiger partial charge in [-0.3, -0.25) is 4.79 Å². The minimum absolute atomic E-state index is 0.168. The van der Waals surface area contributed by atoms with E-state index in [-0.39, 0.29) is 17.9 Å². The summed E-state index contributed by atoms with van der Waals surface area (Å²) in [6.45, 7) is 6.06. The molecule has 6 heteroatoms. The second-order valence-corrected chi connectivity index (χ2v) is 7.25. The Morgan fingerprint density at radius 3 is 2.50 bits per heavy atom. The average Bonchev–Trinajstić information content (AvgIpc) is 3.29. The number of carbonyl (C=O) groups is 1. The van der Waals surface area contributed by atoms with E-state index in [1.165, 1.54) is 0 Å². The molecule has 1 unspecified atom stereocenters. The predicted molar refractivity (Wildman–Crippen MR) is 109 cm³/mol. The number of aromatic amines is 1. The lowest BCUT2D eigenvalue weighted by Crippen LogP contribution is -2.32. The van der Waals surface area contributed by atoms with Crippen LogP contribution in [0, 0.1) is 12.8 Å². The predicted octanol–water partition coefficient (Wildman–Crippen LogP) is 4.18. The lowest BCUT2D eigenvalue weighted by atomic mass is 10.0. The van der Waals surface area contributed by atoms with Crippen LogP contribution in [0.3, 0.4) is 0 Å². The van der Waals surface area contributed by atoms with Crippen molar-refractivity contribution in [2.24, 2.45) is 5.92 Å². The molecule has 0 spiro atoms. The molecule has 4 rings (SSSR count).